The molecule has 0 radical (unpaired) electrons. The van der Waals surface area contributed by atoms with Gasteiger partial charge in [-0.05, 0) is 36.5 Å². The summed E-state index contributed by atoms with van der Waals surface area (Å²) in [5.74, 6) is 0.868. The lowest BCUT2D eigenvalue weighted by Gasteiger charge is -2.23. The zero-order valence-corrected chi connectivity index (χ0v) is 11.0. The Morgan fingerprint density at radius 3 is 2.68 bits per heavy atom. The van der Waals surface area contributed by atoms with Gasteiger partial charge in [-0.1, -0.05) is 0 Å². The van der Waals surface area contributed by atoms with E-state index in [1.807, 2.05) is 11.8 Å². The lowest BCUT2D eigenvalue weighted by Crippen LogP contribution is -2.24. The van der Waals surface area contributed by atoms with Crippen LogP contribution >= 0.6 is 11.8 Å². The minimum atomic E-state index is -1.28. The molecule has 1 heterocycles. The maximum absolute atomic E-state index is 10.9. The molecule has 0 unspecified atom stereocenters. The summed E-state index contributed by atoms with van der Waals surface area (Å²) in [5.41, 5.74) is -0.0500. The third kappa shape index (κ3) is 3.37. The van der Waals surface area contributed by atoms with E-state index in [-0.39, 0.29) is 11.3 Å². The maximum atomic E-state index is 10.9. The van der Waals surface area contributed by atoms with Gasteiger partial charge in [-0.3, -0.25) is 10.1 Å². The third-order valence-electron chi connectivity index (χ3n) is 3.02. The lowest BCUT2D eigenvalue weighted by molar-refractivity contribution is -0.385. The summed E-state index contributed by atoms with van der Waals surface area (Å²) >= 11 is 1.90. The van der Waals surface area contributed by atoms with Gasteiger partial charge in [0.15, 0.2) is 0 Å². The Morgan fingerprint density at radius 2 is 2.11 bits per heavy atom. The molecule has 0 aliphatic carbocycles. The molecule has 0 spiro atoms. The summed E-state index contributed by atoms with van der Waals surface area (Å²) in [6, 6.07) is 4.46. The molecule has 2 rings (SSSR count). The first-order chi connectivity index (χ1) is 9.08. The van der Waals surface area contributed by atoms with E-state index in [4.69, 9.17) is 5.11 Å². The molecule has 0 aromatic heterocycles. The van der Waals surface area contributed by atoms with Crippen LogP contribution in [0.25, 0.3) is 0 Å². The summed E-state index contributed by atoms with van der Waals surface area (Å²) in [7, 11) is 0. The zero-order chi connectivity index (χ0) is 13.8. The third-order valence-corrected chi connectivity index (χ3v) is 4.07. The Kier molecular flexibility index (Phi) is 4.26. The number of rotatable bonds is 4. The Labute approximate surface area is 114 Å². The van der Waals surface area contributed by atoms with E-state index < -0.39 is 10.9 Å². The second kappa shape index (κ2) is 5.92. The van der Waals surface area contributed by atoms with E-state index in [0.717, 1.165) is 24.3 Å². The minimum Gasteiger partial charge on any atom is -0.477 e. The first kappa shape index (κ1) is 13.7. The Balaban J connectivity index is 2.20. The topological polar surface area (TPSA) is 92.5 Å². The van der Waals surface area contributed by atoms with Crippen molar-refractivity contribution in [1.82, 2.24) is 0 Å². The van der Waals surface area contributed by atoms with Crippen LogP contribution in [0.15, 0.2) is 18.2 Å². The van der Waals surface area contributed by atoms with E-state index in [1.54, 1.807) is 6.07 Å². The molecule has 2 N–H and O–H groups in total. The van der Waals surface area contributed by atoms with Crippen LogP contribution in [0.2, 0.25) is 0 Å². The van der Waals surface area contributed by atoms with E-state index in [0.29, 0.717) is 11.7 Å². The van der Waals surface area contributed by atoms with E-state index in [9.17, 15) is 14.9 Å². The molecule has 0 saturated carbocycles. The number of nitro benzene ring substituents is 1. The Hall–Kier alpha value is -1.76. The number of nitrogens with zero attached hydrogens (tertiary/aromatic N) is 1. The van der Waals surface area contributed by atoms with Crippen molar-refractivity contribution in [3.63, 3.8) is 0 Å². The monoisotopic (exact) mass is 282 g/mol. The zero-order valence-electron chi connectivity index (χ0n) is 10.2. The number of anilines is 1. The fourth-order valence-electron chi connectivity index (χ4n) is 2.03. The normalized spacial score (nSPS) is 16.0. The molecular formula is C12H14N2O4S. The van der Waals surface area contributed by atoms with Crippen LogP contribution in [0.3, 0.4) is 0 Å². The fraction of sp³-hybridized carbons (Fsp3) is 0.417. The van der Waals surface area contributed by atoms with Gasteiger partial charge in [0.05, 0.1) is 4.92 Å². The number of hydrogen-bond acceptors (Lipinski definition) is 5. The van der Waals surface area contributed by atoms with Crippen LogP contribution in [0, 0.1) is 10.1 Å². The number of nitrogens with one attached hydrogen (secondary N) is 1. The van der Waals surface area contributed by atoms with Crippen molar-refractivity contribution in [3.05, 3.63) is 33.9 Å². The number of thioether (sulfide) groups is 1. The number of nitro groups is 1. The van der Waals surface area contributed by atoms with Gasteiger partial charge in [0.25, 0.3) is 5.69 Å². The molecular weight excluding hydrogens is 268 g/mol. The first-order valence-electron chi connectivity index (χ1n) is 5.94. The quantitative estimate of drug-likeness (QED) is 0.651. The molecule has 1 aromatic carbocycles. The number of benzene rings is 1. The Morgan fingerprint density at radius 1 is 1.42 bits per heavy atom. The standard InChI is InChI=1S/C12H14N2O4S/c15-12(16)10-2-1-9(7-11(10)14(17)18)13-8-3-5-19-6-4-8/h1-2,7-8,13H,3-6H2,(H,15,16). The molecule has 0 atom stereocenters. The van der Waals surface area contributed by atoms with Crippen LogP contribution in [0.1, 0.15) is 23.2 Å². The summed E-state index contributed by atoms with van der Waals surface area (Å²) < 4.78 is 0. The largest absolute Gasteiger partial charge is 0.477 e. The van der Waals surface area contributed by atoms with Gasteiger partial charge in [-0.15, -0.1) is 0 Å². The number of carbonyl (C=O) groups is 1. The second-order valence-corrected chi connectivity index (χ2v) is 5.55. The number of aromatic carboxylic acids is 1. The second-order valence-electron chi connectivity index (χ2n) is 4.33. The molecule has 1 aliphatic heterocycles. The summed E-state index contributed by atoms with van der Waals surface area (Å²) in [6.07, 6.45) is 2.03. The molecule has 7 heteroatoms. The first-order valence-corrected chi connectivity index (χ1v) is 7.09. The van der Waals surface area contributed by atoms with Gasteiger partial charge in [0, 0.05) is 17.8 Å². The minimum absolute atomic E-state index is 0.283. The van der Waals surface area contributed by atoms with E-state index in [1.165, 1.54) is 12.1 Å². The summed E-state index contributed by atoms with van der Waals surface area (Å²) in [6.45, 7) is 0. The van der Waals surface area contributed by atoms with Gasteiger partial charge in [0.1, 0.15) is 5.56 Å². The predicted molar refractivity (Wildman–Crippen MR) is 74.0 cm³/mol. The SMILES string of the molecule is O=C(O)c1ccc(NC2CCSCC2)cc1[N+](=O)[O-]. The summed E-state index contributed by atoms with van der Waals surface area (Å²) in [5, 5.41) is 23.0. The highest BCUT2D eigenvalue weighted by molar-refractivity contribution is 7.99. The van der Waals surface area contributed by atoms with Crippen molar-refractivity contribution in [2.45, 2.75) is 18.9 Å². The molecule has 1 aliphatic rings. The highest BCUT2D eigenvalue weighted by Gasteiger charge is 2.21. The molecule has 102 valence electrons. The molecule has 1 saturated heterocycles. The van der Waals surface area contributed by atoms with Crippen LogP contribution in [-0.2, 0) is 0 Å². The van der Waals surface area contributed by atoms with E-state index >= 15 is 0 Å². The average molecular weight is 282 g/mol. The highest BCUT2D eigenvalue weighted by atomic mass is 32.2. The van der Waals surface area contributed by atoms with Crippen molar-refractivity contribution < 1.29 is 14.8 Å². The van der Waals surface area contributed by atoms with Crippen LogP contribution in [0.5, 0.6) is 0 Å². The van der Waals surface area contributed by atoms with Gasteiger partial charge < -0.3 is 10.4 Å². The molecule has 0 bridgehead atoms. The van der Waals surface area contributed by atoms with Crippen LogP contribution in [-0.4, -0.2) is 33.5 Å². The maximum Gasteiger partial charge on any atom is 0.342 e. The van der Waals surface area contributed by atoms with Gasteiger partial charge in [-0.25, -0.2) is 4.79 Å². The fourth-order valence-corrected chi connectivity index (χ4v) is 3.14. The van der Waals surface area contributed by atoms with Crippen LogP contribution < -0.4 is 5.32 Å². The Bertz CT molecular complexity index is 501. The van der Waals surface area contributed by atoms with Crippen molar-refractivity contribution in [2.24, 2.45) is 0 Å². The molecule has 6 nitrogen and oxygen atoms in total. The molecule has 1 fully saturated rings. The number of carboxylic acid groups (broad SMARTS) is 1. The predicted octanol–water partition coefficient (Wildman–Crippen LogP) is 2.60. The average Bonchev–Trinajstić information content (AvgIpc) is 2.39. The van der Waals surface area contributed by atoms with Crippen molar-refractivity contribution >= 4 is 29.1 Å². The van der Waals surface area contributed by atoms with Crippen molar-refractivity contribution in [3.8, 4) is 0 Å². The number of carboxylic acids is 1. The van der Waals surface area contributed by atoms with Gasteiger partial charge in [0.2, 0.25) is 0 Å². The smallest absolute Gasteiger partial charge is 0.342 e. The molecule has 0 amide bonds. The van der Waals surface area contributed by atoms with E-state index in [2.05, 4.69) is 5.32 Å². The molecule has 19 heavy (non-hydrogen) atoms. The van der Waals surface area contributed by atoms with Crippen molar-refractivity contribution in [2.75, 3.05) is 16.8 Å². The van der Waals surface area contributed by atoms with Gasteiger partial charge >= 0.3 is 5.97 Å². The number of hydrogen-bond donors (Lipinski definition) is 2. The molecule has 1 aromatic rings. The van der Waals surface area contributed by atoms with Gasteiger partial charge in [-0.2, -0.15) is 11.8 Å². The lowest BCUT2D eigenvalue weighted by atomic mass is 10.1. The summed E-state index contributed by atoms with van der Waals surface area (Å²) in [4.78, 5) is 21.1. The van der Waals surface area contributed by atoms with Crippen LogP contribution in [0.4, 0.5) is 11.4 Å². The highest BCUT2D eigenvalue weighted by Crippen LogP contribution is 2.26. The van der Waals surface area contributed by atoms with Crippen molar-refractivity contribution in [1.29, 1.82) is 0 Å².